The van der Waals surface area contributed by atoms with Gasteiger partial charge in [0, 0.05) is 42.3 Å². The minimum atomic E-state index is 0.427. The van der Waals surface area contributed by atoms with Gasteiger partial charge in [-0.05, 0) is 31.0 Å². The van der Waals surface area contributed by atoms with E-state index in [1.54, 1.807) is 0 Å². The SMILES string of the molecule is CCOc1ccc(Br)cc1[C@H](C(C)CC)N1CCNCC1. The fourth-order valence-corrected chi connectivity index (χ4v) is 3.46. The lowest BCUT2D eigenvalue weighted by Crippen LogP contribution is -2.46. The summed E-state index contributed by atoms with van der Waals surface area (Å²) in [7, 11) is 0. The van der Waals surface area contributed by atoms with Gasteiger partial charge in [-0.3, -0.25) is 4.90 Å². The monoisotopic (exact) mass is 354 g/mol. The molecule has 4 heteroatoms. The molecule has 21 heavy (non-hydrogen) atoms. The molecular formula is C17H27BrN2O. The van der Waals surface area contributed by atoms with Crippen LogP contribution in [0.4, 0.5) is 0 Å². The first-order valence-electron chi connectivity index (χ1n) is 8.04. The lowest BCUT2D eigenvalue weighted by Gasteiger charge is -2.39. The molecule has 1 saturated heterocycles. The molecule has 0 amide bonds. The molecule has 2 rings (SSSR count). The topological polar surface area (TPSA) is 24.5 Å². The van der Waals surface area contributed by atoms with Crippen molar-refractivity contribution in [2.45, 2.75) is 33.2 Å². The van der Waals surface area contributed by atoms with Gasteiger partial charge in [0.15, 0.2) is 0 Å². The smallest absolute Gasteiger partial charge is 0.124 e. The molecule has 0 saturated carbocycles. The maximum Gasteiger partial charge on any atom is 0.124 e. The second-order valence-electron chi connectivity index (χ2n) is 5.73. The van der Waals surface area contributed by atoms with Crippen LogP contribution in [0.25, 0.3) is 0 Å². The molecule has 1 heterocycles. The van der Waals surface area contributed by atoms with E-state index in [1.165, 1.54) is 12.0 Å². The Morgan fingerprint density at radius 1 is 1.29 bits per heavy atom. The molecule has 0 spiro atoms. The highest BCUT2D eigenvalue weighted by Gasteiger charge is 2.29. The lowest BCUT2D eigenvalue weighted by atomic mass is 9.90. The summed E-state index contributed by atoms with van der Waals surface area (Å²) in [6, 6.07) is 6.83. The number of nitrogens with one attached hydrogen (secondary N) is 1. The lowest BCUT2D eigenvalue weighted by molar-refractivity contribution is 0.125. The van der Waals surface area contributed by atoms with E-state index in [1.807, 2.05) is 0 Å². The van der Waals surface area contributed by atoms with Crippen LogP contribution in [-0.4, -0.2) is 37.7 Å². The molecule has 1 aromatic carbocycles. The van der Waals surface area contributed by atoms with Crippen LogP contribution < -0.4 is 10.1 Å². The van der Waals surface area contributed by atoms with Crippen molar-refractivity contribution in [3.8, 4) is 5.75 Å². The Bertz CT molecular complexity index is 446. The maximum absolute atomic E-state index is 5.90. The van der Waals surface area contributed by atoms with Crippen molar-refractivity contribution in [1.29, 1.82) is 0 Å². The predicted octanol–water partition coefficient (Wildman–Crippen LogP) is 3.84. The van der Waals surface area contributed by atoms with Gasteiger partial charge >= 0.3 is 0 Å². The second-order valence-corrected chi connectivity index (χ2v) is 6.65. The summed E-state index contributed by atoms with van der Waals surface area (Å²) in [5, 5.41) is 3.45. The number of halogens is 1. The summed E-state index contributed by atoms with van der Waals surface area (Å²) in [6.45, 7) is 11.7. The Hall–Kier alpha value is -0.580. The van der Waals surface area contributed by atoms with E-state index in [2.05, 4.69) is 65.1 Å². The molecule has 3 nitrogen and oxygen atoms in total. The maximum atomic E-state index is 5.90. The minimum Gasteiger partial charge on any atom is -0.494 e. The molecule has 118 valence electrons. The molecule has 1 unspecified atom stereocenters. The molecule has 1 N–H and O–H groups in total. The quantitative estimate of drug-likeness (QED) is 0.839. The number of benzene rings is 1. The normalized spacial score (nSPS) is 19.2. The van der Waals surface area contributed by atoms with Crippen LogP contribution in [0.3, 0.4) is 0 Å². The largest absolute Gasteiger partial charge is 0.494 e. The van der Waals surface area contributed by atoms with Crippen molar-refractivity contribution in [3.05, 3.63) is 28.2 Å². The molecular weight excluding hydrogens is 328 g/mol. The van der Waals surface area contributed by atoms with Crippen LogP contribution >= 0.6 is 15.9 Å². The molecule has 1 aromatic rings. The molecule has 1 aliphatic rings. The number of piperazine rings is 1. The van der Waals surface area contributed by atoms with Crippen LogP contribution in [0.5, 0.6) is 5.75 Å². The molecule has 0 bridgehead atoms. The summed E-state index contributed by atoms with van der Waals surface area (Å²) < 4.78 is 7.02. The zero-order valence-corrected chi connectivity index (χ0v) is 14.9. The molecule has 1 aliphatic heterocycles. The number of rotatable bonds is 6. The summed E-state index contributed by atoms with van der Waals surface area (Å²) in [5.41, 5.74) is 1.32. The van der Waals surface area contributed by atoms with Crippen molar-refractivity contribution in [1.82, 2.24) is 10.2 Å². The Labute approximate surface area is 137 Å². The van der Waals surface area contributed by atoms with E-state index >= 15 is 0 Å². The highest BCUT2D eigenvalue weighted by molar-refractivity contribution is 9.10. The van der Waals surface area contributed by atoms with Gasteiger partial charge in [0.2, 0.25) is 0 Å². The predicted molar refractivity (Wildman–Crippen MR) is 91.9 cm³/mol. The van der Waals surface area contributed by atoms with E-state index in [4.69, 9.17) is 4.74 Å². The first-order chi connectivity index (χ1) is 10.2. The zero-order chi connectivity index (χ0) is 15.2. The van der Waals surface area contributed by atoms with E-state index < -0.39 is 0 Å². The van der Waals surface area contributed by atoms with Gasteiger partial charge < -0.3 is 10.1 Å². The Morgan fingerprint density at radius 3 is 2.62 bits per heavy atom. The van der Waals surface area contributed by atoms with Gasteiger partial charge in [-0.25, -0.2) is 0 Å². The summed E-state index contributed by atoms with van der Waals surface area (Å²) in [5.74, 6) is 1.64. The Morgan fingerprint density at radius 2 is 2.00 bits per heavy atom. The fraction of sp³-hybridized carbons (Fsp3) is 0.647. The molecule has 0 aromatic heterocycles. The summed E-state index contributed by atoms with van der Waals surface area (Å²) >= 11 is 3.62. The van der Waals surface area contributed by atoms with Crippen LogP contribution in [0.15, 0.2) is 22.7 Å². The van der Waals surface area contributed by atoms with Gasteiger partial charge in [0.05, 0.1) is 6.61 Å². The third kappa shape index (κ3) is 4.21. The first kappa shape index (κ1) is 16.8. The number of ether oxygens (including phenoxy) is 1. The minimum absolute atomic E-state index is 0.427. The molecule has 2 atom stereocenters. The second kappa shape index (κ2) is 8.16. The van der Waals surface area contributed by atoms with Crippen LogP contribution in [0.2, 0.25) is 0 Å². The number of nitrogens with zero attached hydrogens (tertiary/aromatic N) is 1. The van der Waals surface area contributed by atoms with Crippen LogP contribution in [-0.2, 0) is 0 Å². The number of hydrogen-bond donors (Lipinski definition) is 1. The third-order valence-electron chi connectivity index (χ3n) is 4.32. The summed E-state index contributed by atoms with van der Waals surface area (Å²) in [4.78, 5) is 2.61. The van der Waals surface area contributed by atoms with Crippen LogP contribution in [0.1, 0.15) is 38.8 Å². The van der Waals surface area contributed by atoms with E-state index in [0.29, 0.717) is 18.6 Å². The molecule has 1 fully saturated rings. The highest BCUT2D eigenvalue weighted by atomic mass is 79.9. The summed E-state index contributed by atoms with van der Waals surface area (Å²) in [6.07, 6.45) is 1.17. The van der Waals surface area contributed by atoms with E-state index in [-0.39, 0.29) is 0 Å². The van der Waals surface area contributed by atoms with Crippen molar-refractivity contribution in [2.75, 3.05) is 32.8 Å². The Kier molecular flexibility index (Phi) is 6.52. The zero-order valence-electron chi connectivity index (χ0n) is 13.4. The standard InChI is InChI=1S/C17H27BrN2O/c1-4-13(3)17(20-10-8-19-9-11-20)15-12-14(18)6-7-16(15)21-5-2/h6-7,12-13,17,19H,4-5,8-11H2,1-3H3/t13?,17-/m0/s1. The third-order valence-corrected chi connectivity index (χ3v) is 4.81. The number of hydrogen-bond acceptors (Lipinski definition) is 3. The van der Waals surface area contributed by atoms with Gasteiger partial charge in [-0.1, -0.05) is 36.2 Å². The van der Waals surface area contributed by atoms with Crippen molar-refractivity contribution in [3.63, 3.8) is 0 Å². The van der Waals surface area contributed by atoms with Gasteiger partial charge in [0.1, 0.15) is 5.75 Å². The van der Waals surface area contributed by atoms with Gasteiger partial charge in [0.25, 0.3) is 0 Å². The van der Waals surface area contributed by atoms with Gasteiger partial charge in [-0.15, -0.1) is 0 Å². The highest BCUT2D eigenvalue weighted by Crippen LogP contribution is 2.38. The van der Waals surface area contributed by atoms with E-state index in [9.17, 15) is 0 Å². The van der Waals surface area contributed by atoms with E-state index in [0.717, 1.165) is 36.4 Å². The molecule has 0 aliphatic carbocycles. The average Bonchev–Trinajstić information content (AvgIpc) is 2.51. The Balaban J connectivity index is 2.36. The van der Waals surface area contributed by atoms with Gasteiger partial charge in [-0.2, -0.15) is 0 Å². The average molecular weight is 355 g/mol. The fourth-order valence-electron chi connectivity index (χ4n) is 3.08. The van der Waals surface area contributed by atoms with Crippen molar-refractivity contribution < 1.29 is 4.74 Å². The first-order valence-corrected chi connectivity index (χ1v) is 8.83. The van der Waals surface area contributed by atoms with Crippen molar-refractivity contribution in [2.24, 2.45) is 5.92 Å². The van der Waals surface area contributed by atoms with Crippen LogP contribution in [0, 0.1) is 5.92 Å². The van der Waals surface area contributed by atoms with Crippen molar-refractivity contribution >= 4 is 15.9 Å². The molecule has 0 radical (unpaired) electrons.